The first-order chi connectivity index (χ1) is 12.1. The van der Waals surface area contributed by atoms with Crippen molar-refractivity contribution >= 4 is 11.6 Å². The maximum atomic E-state index is 11.5. The molecule has 0 spiro atoms. The molecule has 0 aliphatic carbocycles. The molecule has 2 aromatic rings. The third-order valence-corrected chi connectivity index (χ3v) is 4.20. The average Bonchev–Trinajstić information content (AvgIpc) is 2.65. The maximum Gasteiger partial charge on any atom is 0.262 e. The van der Waals surface area contributed by atoms with Gasteiger partial charge in [-0.05, 0) is 42.3 Å². The van der Waals surface area contributed by atoms with E-state index in [0.29, 0.717) is 29.5 Å². The number of ether oxygens (including phenoxy) is 3. The highest BCUT2D eigenvalue weighted by Gasteiger charge is 2.17. The molecule has 6 nitrogen and oxygen atoms in total. The van der Waals surface area contributed by atoms with Crippen molar-refractivity contribution in [3.05, 3.63) is 47.5 Å². The molecule has 25 heavy (non-hydrogen) atoms. The summed E-state index contributed by atoms with van der Waals surface area (Å²) >= 11 is 0. The van der Waals surface area contributed by atoms with Gasteiger partial charge in [0.05, 0.1) is 19.9 Å². The first-order valence-electron chi connectivity index (χ1n) is 8.11. The van der Waals surface area contributed by atoms with Crippen LogP contribution in [0.1, 0.15) is 24.1 Å². The largest absolute Gasteiger partial charge is 0.493 e. The van der Waals surface area contributed by atoms with Crippen molar-refractivity contribution in [3.63, 3.8) is 0 Å². The molecular weight excluding hydrogens is 320 g/mol. The molecule has 132 valence electrons. The molecule has 1 atom stereocenters. The van der Waals surface area contributed by atoms with Gasteiger partial charge in [0.2, 0.25) is 0 Å². The lowest BCUT2D eigenvalue weighted by molar-refractivity contribution is -0.118. The van der Waals surface area contributed by atoms with Crippen molar-refractivity contribution in [2.75, 3.05) is 26.1 Å². The van der Waals surface area contributed by atoms with Gasteiger partial charge in [0.1, 0.15) is 5.75 Å². The molecule has 0 radical (unpaired) electrons. The van der Waals surface area contributed by atoms with Gasteiger partial charge in [-0.3, -0.25) is 4.79 Å². The van der Waals surface area contributed by atoms with E-state index in [1.165, 1.54) is 0 Å². The fourth-order valence-electron chi connectivity index (χ4n) is 2.75. The van der Waals surface area contributed by atoms with Gasteiger partial charge >= 0.3 is 0 Å². The molecule has 1 amide bonds. The summed E-state index contributed by atoms with van der Waals surface area (Å²) in [4.78, 5) is 11.5. The normalized spacial score (nSPS) is 14.1. The first-order valence-corrected chi connectivity index (χ1v) is 8.11. The van der Waals surface area contributed by atoms with E-state index in [4.69, 9.17) is 14.2 Å². The van der Waals surface area contributed by atoms with Crippen molar-refractivity contribution in [3.8, 4) is 17.2 Å². The molecule has 0 bridgehead atoms. The zero-order valence-electron chi connectivity index (χ0n) is 14.6. The van der Waals surface area contributed by atoms with E-state index in [9.17, 15) is 4.79 Å². The van der Waals surface area contributed by atoms with Gasteiger partial charge < -0.3 is 24.8 Å². The van der Waals surface area contributed by atoms with Crippen molar-refractivity contribution in [2.45, 2.75) is 19.5 Å². The Labute approximate surface area is 147 Å². The quantitative estimate of drug-likeness (QED) is 0.845. The predicted octanol–water partition coefficient (Wildman–Crippen LogP) is 2.89. The second kappa shape index (κ2) is 7.44. The van der Waals surface area contributed by atoms with E-state index < -0.39 is 0 Å². The fraction of sp³-hybridized carbons (Fsp3) is 0.316. The van der Waals surface area contributed by atoms with Crippen molar-refractivity contribution in [1.29, 1.82) is 0 Å². The summed E-state index contributed by atoms with van der Waals surface area (Å²) in [6, 6.07) is 11.8. The lowest BCUT2D eigenvalue weighted by Gasteiger charge is -2.21. The number of hydrogen-bond donors (Lipinski definition) is 2. The minimum absolute atomic E-state index is 0.0689. The average molecular weight is 342 g/mol. The topological polar surface area (TPSA) is 68.8 Å². The predicted molar refractivity (Wildman–Crippen MR) is 95.4 cm³/mol. The van der Waals surface area contributed by atoms with Crippen molar-refractivity contribution in [1.82, 2.24) is 5.32 Å². The van der Waals surface area contributed by atoms with E-state index >= 15 is 0 Å². The van der Waals surface area contributed by atoms with Crippen LogP contribution in [-0.2, 0) is 11.3 Å². The number of fused-ring (bicyclic) bond motifs is 1. The summed E-state index contributed by atoms with van der Waals surface area (Å²) in [5.74, 6) is 2.00. The van der Waals surface area contributed by atoms with E-state index in [2.05, 4.69) is 17.6 Å². The lowest BCUT2D eigenvalue weighted by atomic mass is 10.1. The number of carbonyl (C=O) groups excluding carboxylic acids is 1. The number of carbonyl (C=O) groups is 1. The van der Waals surface area contributed by atoms with Crippen LogP contribution < -0.4 is 24.8 Å². The molecule has 0 aromatic heterocycles. The lowest BCUT2D eigenvalue weighted by Crippen LogP contribution is -2.26. The Morgan fingerprint density at radius 2 is 1.96 bits per heavy atom. The summed E-state index contributed by atoms with van der Waals surface area (Å²) < 4.78 is 16.0. The van der Waals surface area contributed by atoms with Crippen LogP contribution in [0.2, 0.25) is 0 Å². The van der Waals surface area contributed by atoms with Crippen LogP contribution in [0.5, 0.6) is 17.2 Å². The second-order valence-corrected chi connectivity index (χ2v) is 5.88. The zero-order valence-corrected chi connectivity index (χ0v) is 14.6. The van der Waals surface area contributed by atoms with Crippen LogP contribution in [0.3, 0.4) is 0 Å². The molecule has 0 fully saturated rings. The molecule has 3 rings (SSSR count). The van der Waals surface area contributed by atoms with E-state index in [0.717, 1.165) is 11.1 Å². The molecule has 0 unspecified atom stereocenters. The van der Waals surface area contributed by atoms with E-state index in [-0.39, 0.29) is 18.6 Å². The Morgan fingerprint density at radius 1 is 1.16 bits per heavy atom. The van der Waals surface area contributed by atoms with E-state index in [1.54, 1.807) is 14.2 Å². The monoisotopic (exact) mass is 342 g/mol. The molecule has 0 saturated carbocycles. The summed E-state index contributed by atoms with van der Waals surface area (Å²) in [5, 5.41) is 6.31. The van der Waals surface area contributed by atoms with Crippen LogP contribution in [0.25, 0.3) is 0 Å². The molecule has 6 heteroatoms. The molecule has 1 aliphatic heterocycles. The van der Waals surface area contributed by atoms with Crippen LogP contribution in [0.15, 0.2) is 36.4 Å². The SMILES string of the molecule is COc1ccc(CN[C@@H](C)c2ccc3c(c2)NC(=O)CO3)cc1OC. The zero-order chi connectivity index (χ0) is 17.8. The number of hydrogen-bond acceptors (Lipinski definition) is 5. The van der Waals surface area contributed by atoms with E-state index in [1.807, 2.05) is 36.4 Å². The molecule has 2 aromatic carbocycles. The Hall–Kier alpha value is -2.73. The van der Waals surface area contributed by atoms with Crippen LogP contribution >= 0.6 is 0 Å². The number of rotatable bonds is 6. The standard InChI is InChI=1S/C19H22N2O4/c1-12(14-5-7-16-15(9-14)21-19(22)11-25-16)20-10-13-4-6-17(23-2)18(8-13)24-3/h4-9,12,20H,10-11H2,1-3H3,(H,21,22)/t12-/m0/s1. The third-order valence-electron chi connectivity index (χ3n) is 4.20. The summed E-state index contributed by atoms with van der Waals surface area (Å²) in [6.45, 7) is 2.83. The maximum absolute atomic E-state index is 11.5. The highest BCUT2D eigenvalue weighted by Crippen LogP contribution is 2.31. The highest BCUT2D eigenvalue weighted by atomic mass is 16.5. The van der Waals surface area contributed by atoms with Crippen molar-refractivity contribution in [2.24, 2.45) is 0 Å². The fourth-order valence-corrected chi connectivity index (χ4v) is 2.75. The minimum Gasteiger partial charge on any atom is -0.493 e. The molecule has 2 N–H and O–H groups in total. The molecule has 1 aliphatic rings. The third kappa shape index (κ3) is 3.85. The number of nitrogens with one attached hydrogen (secondary N) is 2. The van der Waals surface area contributed by atoms with Gasteiger partial charge in [-0.1, -0.05) is 12.1 Å². The van der Waals surface area contributed by atoms with Gasteiger partial charge in [-0.2, -0.15) is 0 Å². The van der Waals surface area contributed by atoms with Crippen LogP contribution in [0, 0.1) is 0 Å². The van der Waals surface area contributed by atoms with Gasteiger partial charge in [-0.25, -0.2) is 0 Å². The number of methoxy groups -OCH3 is 2. The Balaban J connectivity index is 1.67. The highest BCUT2D eigenvalue weighted by molar-refractivity contribution is 5.95. The van der Waals surface area contributed by atoms with Gasteiger partial charge in [0, 0.05) is 12.6 Å². The Bertz CT molecular complexity index is 776. The van der Waals surface area contributed by atoms with Crippen LogP contribution in [0.4, 0.5) is 5.69 Å². The van der Waals surface area contributed by atoms with Crippen LogP contribution in [-0.4, -0.2) is 26.7 Å². The number of anilines is 1. The number of amides is 1. The first kappa shape index (κ1) is 17.1. The Morgan fingerprint density at radius 3 is 2.72 bits per heavy atom. The summed E-state index contributed by atoms with van der Waals surface area (Å²) in [5.41, 5.74) is 2.89. The molecule has 0 saturated heterocycles. The van der Waals surface area contributed by atoms with Gasteiger partial charge in [0.15, 0.2) is 18.1 Å². The van der Waals surface area contributed by atoms with Gasteiger partial charge in [-0.15, -0.1) is 0 Å². The van der Waals surface area contributed by atoms with Crippen molar-refractivity contribution < 1.29 is 19.0 Å². The Kier molecular flexibility index (Phi) is 5.09. The summed E-state index contributed by atoms with van der Waals surface area (Å²) in [6.07, 6.45) is 0. The second-order valence-electron chi connectivity index (χ2n) is 5.88. The molecular formula is C19H22N2O4. The molecule has 1 heterocycles. The number of benzene rings is 2. The summed E-state index contributed by atoms with van der Waals surface area (Å²) in [7, 11) is 3.25. The smallest absolute Gasteiger partial charge is 0.262 e. The minimum atomic E-state index is -0.129. The van der Waals surface area contributed by atoms with Gasteiger partial charge in [0.25, 0.3) is 5.91 Å².